The maximum atomic E-state index is 12.2. The fourth-order valence-corrected chi connectivity index (χ4v) is 2.47. The zero-order valence-corrected chi connectivity index (χ0v) is 13.8. The lowest BCUT2D eigenvalue weighted by Gasteiger charge is -2.29. The second kappa shape index (κ2) is 7.77. The van der Waals surface area contributed by atoms with E-state index in [1.54, 1.807) is 24.3 Å². The van der Waals surface area contributed by atoms with E-state index in [0.717, 1.165) is 18.5 Å². The lowest BCUT2D eigenvalue weighted by Crippen LogP contribution is -2.53. The normalized spacial score (nSPS) is 23.5. The molecule has 1 heterocycles. The van der Waals surface area contributed by atoms with Gasteiger partial charge in [-0.05, 0) is 44.0 Å². The number of morpholine rings is 1. The van der Waals surface area contributed by atoms with Gasteiger partial charge in [0.1, 0.15) is 6.04 Å². The first-order chi connectivity index (χ1) is 10.6. The SMILES string of the molecule is C[C@H]1OCCN[C@@H]1C(=O)Nc1ccc(NC(=O)C2CC2)cc1.Cl. The summed E-state index contributed by atoms with van der Waals surface area (Å²) in [6, 6.07) is 6.82. The smallest absolute Gasteiger partial charge is 0.244 e. The van der Waals surface area contributed by atoms with Crippen molar-refractivity contribution < 1.29 is 14.3 Å². The van der Waals surface area contributed by atoms with Crippen LogP contribution in [0.25, 0.3) is 0 Å². The summed E-state index contributed by atoms with van der Waals surface area (Å²) in [5.41, 5.74) is 1.45. The van der Waals surface area contributed by atoms with Crippen molar-refractivity contribution >= 4 is 35.6 Å². The van der Waals surface area contributed by atoms with E-state index in [0.29, 0.717) is 18.8 Å². The molecular weight excluding hydrogens is 318 g/mol. The van der Waals surface area contributed by atoms with Crippen molar-refractivity contribution in [2.45, 2.75) is 31.9 Å². The first-order valence-corrected chi connectivity index (χ1v) is 7.70. The highest BCUT2D eigenvalue weighted by atomic mass is 35.5. The standard InChI is InChI=1S/C16H21N3O3.ClH/c1-10-14(17-8-9-22-10)16(21)19-13-6-4-12(5-7-13)18-15(20)11-2-3-11;/h4-7,10-11,14,17H,2-3,8-9H2,1H3,(H,18,20)(H,19,21);1H/t10-,14+;/m1./s1. The molecule has 0 spiro atoms. The quantitative estimate of drug-likeness (QED) is 0.781. The summed E-state index contributed by atoms with van der Waals surface area (Å²) in [4.78, 5) is 23.9. The Morgan fingerprint density at radius 2 is 1.65 bits per heavy atom. The van der Waals surface area contributed by atoms with Crippen molar-refractivity contribution in [1.82, 2.24) is 5.32 Å². The number of ether oxygens (including phenoxy) is 1. The molecule has 1 aromatic carbocycles. The maximum absolute atomic E-state index is 12.2. The van der Waals surface area contributed by atoms with Crippen LogP contribution in [0.5, 0.6) is 0 Å². The maximum Gasteiger partial charge on any atom is 0.244 e. The monoisotopic (exact) mass is 339 g/mol. The Bertz CT molecular complexity index is 560. The van der Waals surface area contributed by atoms with Crippen LogP contribution in [0, 0.1) is 5.92 Å². The van der Waals surface area contributed by atoms with E-state index in [-0.39, 0.29) is 42.3 Å². The highest BCUT2D eigenvalue weighted by Gasteiger charge is 2.30. The predicted octanol–water partition coefficient (Wildman–Crippen LogP) is 1.77. The molecule has 0 unspecified atom stereocenters. The molecule has 2 aliphatic rings. The number of anilines is 2. The topological polar surface area (TPSA) is 79.5 Å². The Hall–Kier alpha value is -1.63. The number of hydrogen-bond donors (Lipinski definition) is 3. The molecule has 126 valence electrons. The molecule has 7 heteroatoms. The van der Waals surface area contributed by atoms with Crippen molar-refractivity contribution in [3.8, 4) is 0 Å². The van der Waals surface area contributed by atoms with E-state index in [1.807, 2.05) is 6.92 Å². The summed E-state index contributed by atoms with van der Waals surface area (Å²) in [5, 5.41) is 8.89. The summed E-state index contributed by atoms with van der Waals surface area (Å²) in [5.74, 6) is 0.148. The summed E-state index contributed by atoms with van der Waals surface area (Å²) >= 11 is 0. The number of carbonyl (C=O) groups excluding carboxylic acids is 2. The Morgan fingerprint density at radius 1 is 1.09 bits per heavy atom. The van der Waals surface area contributed by atoms with Gasteiger partial charge in [-0.15, -0.1) is 12.4 Å². The minimum Gasteiger partial charge on any atom is -0.375 e. The summed E-state index contributed by atoms with van der Waals surface area (Å²) < 4.78 is 5.47. The summed E-state index contributed by atoms with van der Waals surface area (Å²) in [6.45, 7) is 3.18. The zero-order valence-electron chi connectivity index (χ0n) is 13.0. The van der Waals surface area contributed by atoms with Gasteiger partial charge in [-0.1, -0.05) is 0 Å². The average Bonchev–Trinajstić information content (AvgIpc) is 3.34. The molecule has 1 aliphatic heterocycles. The summed E-state index contributed by atoms with van der Waals surface area (Å²) in [6.07, 6.45) is 1.81. The number of hydrogen-bond acceptors (Lipinski definition) is 4. The Morgan fingerprint density at radius 3 is 2.17 bits per heavy atom. The summed E-state index contributed by atoms with van der Waals surface area (Å²) in [7, 11) is 0. The molecule has 2 amide bonds. The van der Waals surface area contributed by atoms with Gasteiger partial charge in [0.25, 0.3) is 0 Å². The highest BCUT2D eigenvalue weighted by molar-refractivity contribution is 5.96. The molecule has 3 rings (SSSR count). The van der Waals surface area contributed by atoms with E-state index in [2.05, 4.69) is 16.0 Å². The van der Waals surface area contributed by atoms with Crippen LogP contribution in [0.3, 0.4) is 0 Å². The van der Waals surface area contributed by atoms with Crippen LogP contribution in [-0.2, 0) is 14.3 Å². The second-order valence-electron chi connectivity index (χ2n) is 5.84. The van der Waals surface area contributed by atoms with Gasteiger partial charge in [-0.3, -0.25) is 9.59 Å². The third-order valence-electron chi connectivity index (χ3n) is 3.97. The van der Waals surface area contributed by atoms with E-state index < -0.39 is 0 Å². The number of nitrogens with one attached hydrogen (secondary N) is 3. The Kier molecular flexibility index (Phi) is 5.98. The number of benzene rings is 1. The van der Waals surface area contributed by atoms with Crippen molar-refractivity contribution in [3.05, 3.63) is 24.3 Å². The van der Waals surface area contributed by atoms with Crippen LogP contribution in [0.2, 0.25) is 0 Å². The molecule has 0 bridgehead atoms. The molecule has 23 heavy (non-hydrogen) atoms. The third kappa shape index (κ3) is 4.67. The van der Waals surface area contributed by atoms with Crippen LogP contribution in [0.1, 0.15) is 19.8 Å². The first-order valence-electron chi connectivity index (χ1n) is 7.70. The van der Waals surface area contributed by atoms with Crippen molar-refractivity contribution in [1.29, 1.82) is 0 Å². The van der Waals surface area contributed by atoms with Gasteiger partial charge in [-0.25, -0.2) is 0 Å². The molecule has 1 aliphatic carbocycles. The van der Waals surface area contributed by atoms with Gasteiger partial charge in [0.05, 0.1) is 12.7 Å². The Balaban J connectivity index is 0.00000192. The van der Waals surface area contributed by atoms with Gasteiger partial charge in [0.2, 0.25) is 11.8 Å². The molecule has 1 saturated heterocycles. The van der Waals surface area contributed by atoms with Crippen molar-refractivity contribution in [3.63, 3.8) is 0 Å². The van der Waals surface area contributed by atoms with Crippen molar-refractivity contribution in [2.75, 3.05) is 23.8 Å². The zero-order chi connectivity index (χ0) is 15.5. The van der Waals surface area contributed by atoms with E-state index in [4.69, 9.17) is 4.74 Å². The first kappa shape index (κ1) is 17.7. The van der Waals surface area contributed by atoms with Crippen molar-refractivity contribution in [2.24, 2.45) is 5.92 Å². The highest BCUT2D eigenvalue weighted by Crippen LogP contribution is 2.30. The number of amides is 2. The van der Waals surface area contributed by atoms with Gasteiger partial charge >= 0.3 is 0 Å². The fraction of sp³-hybridized carbons (Fsp3) is 0.500. The minimum atomic E-state index is -0.344. The molecule has 0 aromatic heterocycles. The van der Waals surface area contributed by atoms with Crippen LogP contribution < -0.4 is 16.0 Å². The van der Waals surface area contributed by atoms with Gasteiger partial charge in [-0.2, -0.15) is 0 Å². The number of halogens is 1. The molecular formula is C16H22ClN3O3. The average molecular weight is 340 g/mol. The number of rotatable bonds is 4. The van der Waals surface area contributed by atoms with Gasteiger partial charge in [0, 0.05) is 23.8 Å². The molecule has 0 radical (unpaired) electrons. The van der Waals surface area contributed by atoms with E-state index in [9.17, 15) is 9.59 Å². The lowest BCUT2D eigenvalue weighted by atomic mass is 10.1. The van der Waals surface area contributed by atoms with E-state index >= 15 is 0 Å². The van der Waals surface area contributed by atoms with E-state index in [1.165, 1.54) is 0 Å². The second-order valence-corrected chi connectivity index (χ2v) is 5.84. The van der Waals surface area contributed by atoms with Crippen LogP contribution >= 0.6 is 12.4 Å². The largest absolute Gasteiger partial charge is 0.375 e. The minimum absolute atomic E-state index is 0. The number of carbonyl (C=O) groups is 2. The third-order valence-corrected chi connectivity index (χ3v) is 3.97. The van der Waals surface area contributed by atoms with Gasteiger partial charge in [0.15, 0.2) is 0 Å². The molecule has 1 saturated carbocycles. The van der Waals surface area contributed by atoms with Crippen LogP contribution in [0.4, 0.5) is 11.4 Å². The fourth-order valence-electron chi connectivity index (χ4n) is 2.47. The lowest BCUT2D eigenvalue weighted by molar-refractivity contribution is -0.123. The molecule has 2 atom stereocenters. The predicted molar refractivity (Wildman–Crippen MR) is 90.9 cm³/mol. The van der Waals surface area contributed by atoms with Crippen LogP contribution in [-0.4, -0.2) is 37.1 Å². The van der Waals surface area contributed by atoms with Crippen LogP contribution in [0.15, 0.2) is 24.3 Å². The molecule has 3 N–H and O–H groups in total. The molecule has 2 fully saturated rings. The molecule has 6 nitrogen and oxygen atoms in total. The van der Waals surface area contributed by atoms with Gasteiger partial charge < -0.3 is 20.7 Å². The Labute approximate surface area is 141 Å². The molecule has 1 aromatic rings.